The van der Waals surface area contributed by atoms with Crippen LogP contribution in [0.3, 0.4) is 0 Å². The second-order valence-electron chi connectivity index (χ2n) is 13.6. The SMILES string of the molecule is CCc1c(-c2ccc(OC)c(OC)c2)[nH]c2ccc(C3CCN(N(CC=O)C45CC6CC(CC(O)(C6)C4)C5)CC3)cc12. The number of methoxy groups -OCH3 is 2. The minimum absolute atomic E-state index is 0.0484. The van der Waals surface area contributed by atoms with Crippen molar-refractivity contribution in [1.82, 2.24) is 15.0 Å². The van der Waals surface area contributed by atoms with Gasteiger partial charge in [0.05, 0.1) is 26.4 Å². The number of hydrogen-bond donors (Lipinski definition) is 2. The normalized spacial score (nSPS) is 29.5. The van der Waals surface area contributed by atoms with Crippen molar-refractivity contribution in [2.45, 2.75) is 81.8 Å². The first kappa shape index (κ1) is 27.9. The van der Waals surface area contributed by atoms with E-state index in [9.17, 15) is 9.90 Å². The summed E-state index contributed by atoms with van der Waals surface area (Å²) in [5.41, 5.74) is 5.56. The van der Waals surface area contributed by atoms with Gasteiger partial charge in [0.2, 0.25) is 0 Å². The molecule has 4 bridgehead atoms. The molecule has 7 nitrogen and oxygen atoms in total. The number of hydrogen-bond acceptors (Lipinski definition) is 6. The zero-order chi connectivity index (χ0) is 29.1. The molecule has 2 N–H and O–H groups in total. The number of aromatic nitrogens is 1. The first-order valence-corrected chi connectivity index (χ1v) is 15.9. The largest absolute Gasteiger partial charge is 0.493 e. The Hall–Kier alpha value is -2.87. The molecule has 2 atom stereocenters. The van der Waals surface area contributed by atoms with Gasteiger partial charge in [0, 0.05) is 40.8 Å². The maximum atomic E-state index is 11.9. The fraction of sp³-hybridized carbons (Fsp3) is 0.571. The molecule has 2 unspecified atom stereocenters. The molecule has 1 aromatic heterocycles. The smallest absolute Gasteiger partial charge is 0.161 e. The van der Waals surface area contributed by atoms with Gasteiger partial charge in [-0.1, -0.05) is 13.0 Å². The van der Waals surface area contributed by atoms with Crippen LogP contribution >= 0.6 is 0 Å². The summed E-state index contributed by atoms with van der Waals surface area (Å²) in [5.74, 6) is 3.16. The van der Waals surface area contributed by atoms with E-state index in [2.05, 4.69) is 46.2 Å². The highest BCUT2D eigenvalue weighted by Gasteiger charge is 2.60. The number of aliphatic hydroxyl groups is 1. The monoisotopic (exact) mass is 571 g/mol. The van der Waals surface area contributed by atoms with Crippen LogP contribution in [-0.4, -0.2) is 71.4 Å². The van der Waals surface area contributed by atoms with E-state index in [1.165, 1.54) is 22.9 Å². The van der Waals surface area contributed by atoms with Crippen LogP contribution in [0, 0.1) is 11.8 Å². The number of ether oxygens (including phenoxy) is 2. The lowest BCUT2D eigenvalue weighted by Gasteiger charge is -2.64. The molecule has 224 valence electrons. The van der Waals surface area contributed by atoms with E-state index in [0.717, 1.165) is 99.0 Å². The van der Waals surface area contributed by atoms with Gasteiger partial charge >= 0.3 is 0 Å². The topological polar surface area (TPSA) is 78.0 Å². The molecule has 3 aromatic rings. The van der Waals surface area contributed by atoms with E-state index < -0.39 is 5.60 Å². The van der Waals surface area contributed by atoms with Crippen LogP contribution in [0.5, 0.6) is 11.5 Å². The molecule has 4 saturated carbocycles. The lowest BCUT2D eigenvalue weighted by molar-refractivity contribution is -0.225. The first-order chi connectivity index (χ1) is 20.4. The second kappa shape index (κ2) is 10.7. The number of benzene rings is 2. The summed E-state index contributed by atoms with van der Waals surface area (Å²) in [6, 6.07) is 13.1. The molecule has 5 fully saturated rings. The fourth-order valence-corrected chi connectivity index (χ4v) is 9.71. The summed E-state index contributed by atoms with van der Waals surface area (Å²) >= 11 is 0. The van der Waals surface area contributed by atoms with Crippen molar-refractivity contribution in [3.63, 3.8) is 0 Å². The van der Waals surface area contributed by atoms with Crippen molar-refractivity contribution in [2.75, 3.05) is 33.9 Å². The Morgan fingerprint density at radius 3 is 2.40 bits per heavy atom. The van der Waals surface area contributed by atoms with Crippen LogP contribution in [0.4, 0.5) is 0 Å². The molecule has 42 heavy (non-hydrogen) atoms. The number of hydrazine groups is 1. The standard InChI is InChI=1S/C35H45N3O4/c1-4-28-29-16-26(5-7-30(29)36-33(28)27-6-8-31(41-2)32(17-27)42-3)25-9-11-37(12-10-25)38(13-14-39)34-18-23-15-24(19-34)21-35(40,20-23)22-34/h5-8,14,16-17,23-25,36,40H,4,9-13,15,18-22H2,1-3H3. The molecule has 1 aliphatic heterocycles. The number of carbonyl (C=O) groups excluding carboxylic acids is 1. The average molecular weight is 572 g/mol. The third-order valence-electron chi connectivity index (χ3n) is 11.0. The number of fused-ring (bicyclic) bond motifs is 1. The van der Waals surface area contributed by atoms with Gasteiger partial charge in [-0.2, -0.15) is 0 Å². The number of piperidine rings is 1. The number of nitrogens with zero attached hydrogens (tertiary/aromatic N) is 2. The fourth-order valence-electron chi connectivity index (χ4n) is 9.71. The zero-order valence-electron chi connectivity index (χ0n) is 25.3. The molecule has 7 heteroatoms. The first-order valence-electron chi connectivity index (χ1n) is 15.9. The third-order valence-corrected chi connectivity index (χ3v) is 11.0. The van der Waals surface area contributed by atoms with Crippen molar-refractivity contribution in [2.24, 2.45) is 11.8 Å². The van der Waals surface area contributed by atoms with Gasteiger partial charge in [0.25, 0.3) is 0 Å². The van der Waals surface area contributed by atoms with Crippen LogP contribution in [0.2, 0.25) is 0 Å². The number of H-pyrrole nitrogens is 1. The molecule has 4 aliphatic carbocycles. The van der Waals surface area contributed by atoms with E-state index in [1.54, 1.807) is 14.2 Å². The van der Waals surface area contributed by atoms with Gasteiger partial charge in [0.15, 0.2) is 11.5 Å². The summed E-state index contributed by atoms with van der Waals surface area (Å²) in [7, 11) is 3.34. The Morgan fingerprint density at radius 1 is 1.02 bits per heavy atom. The van der Waals surface area contributed by atoms with E-state index in [4.69, 9.17) is 9.47 Å². The second-order valence-corrected chi connectivity index (χ2v) is 13.6. The molecule has 5 aliphatic rings. The van der Waals surface area contributed by atoms with Gasteiger partial charge in [-0.3, -0.25) is 0 Å². The van der Waals surface area contributed by atoms with Crippen LogP contribution < -0.4 is 9.47 Å². The Labute approximate surface area is 249 Å². The van der Waals surface area contributed by atoms with Crippen molar-refractivity contribution >= 4 is 17.2 Å². The Morgan fingerprint density at radius 2 is 1.76 bits per heavy atom. The van der Waals surface area contributed by atoms with Crippen molar-refractivity contribution in [3.8, 4) is 22.8 Å². The highest BCUT2D eigenvalue weighted by atomic mass is 16.5. The summed E-state index contributed by atoms with van der Waals surface area (Å²) in [4.78, 5) is 15.6. The number of aldehydes is 1. The highest BCUT2D eigenvalue weighted by Crippen LogP contribution is 2.59. The van der Waals surface area contributed by atoms with E-state index in [-0.39, 0.29) is 5.54 Å². The lowest BCUT2D eigenvalue weighted by Crippen LogP contribution is -2.69. The third kappa shape index (κ3) is 4.65. The predicted octanol–water partition coefficient (Wildman–Crippen LogP) is 6.09. The van der Waals surface area contributed by atoms with Crippen LogP contribution in [-0.2, 0) is 11.2 Å². The summed E-state index contributed by atoms with van der Waals surface area (Å²) < 4.78 is 11.0. The van der Waals surface area contributed by atoms with E-state index in [0.29, 0.717) is 24.3 Å². The quantitative estimate of drug-likeness (QED) is 0.303. The lowest BCUT2D eigenvalue weighted by atomic mass is 9.51. The molecule has 1 saturated heterocycles. The molecular weight excluding hydrogens is 526 g/mol. The number of nitrogens with one attached hydrogen (secondary N) is 1. The average Bonchev–Trinajstić information content (AvgIpc) is 3.36. The van der Waals surface area contributed by atoms with Crippen LogP contribution in [0.15, 0.2) is 36.4 Å². The maximum Gasteiger partial charge on any atom is 0.161 e. The number of aromatic amines is 1. The number of aryl methyl sites for hydroxylation is 1. The van der Waals surface area contributed by atoms with Crippen molar-refractivity contribution < 1.29 is 19.4 Å². The number of rotatable bonds is 9. The molecule has 2 heterocycles. The summed E-state index contributed by atoms with van der Waals surface area (Å²) in [6.07, 6.45) is 10.4. The van der Waals surface area contributed by atoms with Crippen LogP contribution in [0.1, 0.15) is 75.3 Å². The minimum atomic E-state index is -0.525. The number of carbonyl (C=O) groups is 1. The predicted molar refractivity (Wildman–Crippen MR) is 165 cm³/mol. The molecular formula is C35H45N3O4. The van der Waals surface area contributed by atoms with Crippen molar-refractivity contribution in [1.29, 1.82) is 0 Å². The minimum Gasteiger partial charge on any atom is -0.493 e. The molecule has 0 spiro atoms. The maximum absolute atomic E-state index is 11.9. The van der Waals surface area contributed by atoms with Gasteiger partial charge in [-0.05, 0) is 117 Å². The van der Waals surface area contributed by atoms with Gasteiger partial charge in [0.1, 0.15) is 6.29 Å². The van der Waals surface area contributed by atoms with E-state index in [1.807, 2.05) is 12.1 Å². The molecule has 2 aromatic carbocycles. The summed E-state index contributed by atoms with van der Waals surface area (Å²) in [5, 5.41) is 17.6. The summed E-state index contributed by atoms with van der Waals surface area (Å²) in [6.45, 7) is 4.57. The Balaban J connectivity index is 1.11. The van der Waals surface area contributed by atoms with E-state index >= 15 is 0 Å². The highest BCUT2D eigenvalue weighted by molar-refractivity contribution is 5.91. The molecule has 8 rings (SSSR count). The van der Waals surface area contributed by atoms with Crippen LogP contribution in [0.25, 0.3) is 22.2 Å². The Kier molecular flexibility index (Phi) is 7.11. The molecule has 0 amide bonds. The van der Waals surface area contributed by atoms with Gasteiger partial charge in [-0.15, -0.1) is 0 Å². The molecule has 0 radical (unpaired) electrons. The van der Waals surface area contributed by atoms with Gasteiger partial charge in [-0.25, -0.2) is 10.0 Å². The van der Waals surface area contributed by atoms with Gasteiger partial charge < -0.3 is 24.4 Å². The zero-order valence-corrected chi connectivity index (χ0v) is 25.3. The van der Waals surface area contributed by atoms with Crippen molar-refractivity contribution in [3.05, 3.63) is 47.5 Å². The Bertz CT molecular complexity index is 1460.